The Labute approximate surface area is 108 Å². The van der Waals surface area contributed by atoms with Crippen molar-refractivity contribution in [1.29, 1.82) is 0 Å². The summed E-state index contributed by atoms with van der Waals surface area (Å²) in [6.45, 7) is 0.445. The lowest BCUT2D eigenvalue weighted by molar-refractivity contribution is -0.119. The molecule has 0 radical (unpaired) electrons. The van der Waals surface area contributed by atoms with E-state index in [-0.39, 0.29) is 11.7 Å². The second-order valence-electron chi connectivity index (χ2n) is 4.18. The van der Waals surface area contributed by atoms with Crippen molar-refractivity contribution in [2.45, 2.75) is 12.6 Å². The molecule has 0 aliphatic carbocycles. The third-order valence-electron chi connectivity index (χ3n) is 3.04. The van der Waals surface area contributed by atoms with Gasteiger partial charge >= 0.3 is 0 Å². The average molecular weight is 262 g/mol. The van der Waals surface area contributed by atoms with Crippen LogP contribution in [0.15, 0.2) is 35.7 Å². The van der Waals surface area contributed by atoms with E-state index in [2.05, 4.69) is 0 Å². The Morgan fingerprint density at radius 1 is 1.39 bits per heavy atom. The first-order valence-electron chi connectivity index (χ1n) is 5.55. The molecule has 1 amide bonds. The molecule has 1 atom stereocenters. The van der Waals surface area contributed by atoms with E-state index < -0.39 is 6.04 Å². The molecule has 1 aliphatic heterocycles. The van der Waals surface area contributed by atoms with E-state index in [0.717, 1.165) is 4.88 Å². The summed E-state index contributed by atoms with van der Waals surface area (Å²) in [5, 5.41) is 1.95. The Balaban J connectivity index is 2.01. The Morgan fingerprint density at radius 2 is 2.22 bits per heavy atom. The lowest BCUT2D eigenvalue weighted by atomic mass is 10.1. The van der Waals surface area contributed by atoms with Crippen molar-refractivity contribution < 1.29 is 9.18 Å². The topological polar surface area (TPSA) is 46.3 Å². The van der Waals surface area contributed by atoms with E-state index in [4.69, 9.17) is 5.73 Å². The van der Waals surface area contributed by atoms with Crippen LogP contribution in [0.3, 0.4) is 0 Å². The minimum Gasteiger partial charge on any atom is -0.316 e. The minimum atomic E-state index is -0.680. The standard InChI is InChI=1S/C13H11FN2OS/c14-8-3-4-10-11(6-8)16(13(17)12(10)15)7-9-2-1-5-18-9/h1-6,12H,7,15H2. The zero-order chi connectivity index (χ0) is 12.7. The monoisotopic (exact) mass is 262 g/mol. The average Bonchev–Trinajstić information content (AvgIpc) is 2.93. The maximum atomic E-state index is 13.3. The number of carbonyl (C=O) groups is 1. The van der Waals surface area contributed by atoms with Gasteiger partial charge in [0.15, 0.2) is 0 Å². The Bertz CT molecular complexity index is 597. The molecule has 0 spiro atoms. The third-order valence-corrected chi connectivity index (χ3v) is 3.91. The summed E-state index contributed by atoms with van der Waals surface area (Å²) in [6.07, 6.45) is 0. The number of amides is 1. The number of nitrogens with zero attached hydrogens (tertiary/aromatic N) is 1. The second-order valence-corrected chi connectivity index (χ2v) is 5.22. The van der Waals surface area contributed by atoms with Crippen molar-refractivity contribution >= 4 is 22.9 Å². The predicted octanol–water partition coefficient (Wildman–Crippen LogP) is 2.43. The van der Waals surface area contributed by atoms with E-state index in [1.807, 2.05) is 17.5 Å². The van der Waals surface area contributed by atoms with Gasteiger partial charge in [0.1, 0.15) is 11.9 Å². The Kier molecular flexibility index (Phi) is 2.65. The molecule has 0 saturated carbocycles. The van der Waals surface area contributed by atoms with Crippen LogP contribution in [0.5, 0.6) is 0 Å². The molecule has 1 unspecified atom stereocenters. The van der Waals surface area contributed by atoms with E-state index in [9.17, 15) is 9.18 Å². The highest BCUT2D eigenvalue weighted by Crippen LogP contribution is 2.36. The van der Waals surface area contributed by atoms with Crippen LogP contribution in [-0.2, 0) is 11.3 Å². The zero-order valence-corrected chi connectivity index (χ0v) is 10.3. The van der Waals surface area contributed by atoms with Crippen LogP contribution in [0.25, 0.3) is 0 Å². The fourth-order valence-electron chi connectivity index (χ4n) is 2.15. The normalized spacial score (nSPS) is 18.2. The van der Waals surface area contributed by atoms with Gasteiger partial charge in [-0.2, -0.15) is 0 Å². The van der Waals surface area contributed by atoms with Crippen LogP contribution < -0.4 is 10.6 Å². The molecular weight excluding hydrogens is 251 g/mol. The van der Waals surface area contributed by atoms with Crippen LogP contribution in [0, 0.1) is 5.82 Å². The fourth-order valence-corrected chi connectivity index (χ4v) is 2.85. The van der Waals surface area contributed by atoms with Crippen LogP contribution in [-0.4, -0.2) is 5.91 Å². The molecule has 3 rings (SSSR count). The maximum absolute atomic E-state index is 13.3. The van der Waals surface area contributed by atoms with Gasteiger partial charge in [0.2, 0.25) is 5.91 Å². The quantitative estimate of drug-likeness (QED) is 0.903. The number of rotatable bonds is 2. The number of nitrogens with two attached hydrogens (primary N) is 1. The molecule has 3 nitrogen and oxygen atoms in total. The van der Waals surface area contributed by atoms with Gasteiger partial charge < -0.3 is 10.6 Å². The zero-order valence-electron chi connectivity index (χ0n) is 9.47. The van der Waals surface area contributed by atoms with Crippen molar-refractivity contribution in [2.75, 3.05) is 4.90 Å². The van der Waals surface area contributed by atoms with Crippen LogP contribution in [0.4, 0.5) is 10.1 Å². The smallest absolute Gasteiger partial charge is 0.248 e. The number of carbonyl (C=O) groups excluding carboxylic acids is 1. The molecule has 0 bridgehead atoms. The molecule has 1 aliphatic rings. The number of hydrogen-bond donors (Lipinski definition) is 1. The van der Waals surface area contributed by atoms with Crippen LogP contribution in [0.2, 0.25) is 0 Å². The lowest BCUT2D eigenvalue weighted by Gasteiger charge is -2.16. The number of hydrogen-bond acceptors (Lipinski definition) is 3. The van der Waals surface area contributed by atoms with Gasteiger partial charge in [0, 0.05) is 10.4 Å². The van der Waals surface area contributed by atoms with E-state index in [1.165, 1.54) is 12.1 Å². The molecule has 2 heterocycles. The number of thiophene rings is 1. The maximum Gasteiger partial charge on any atom is 0.248 e. The first kappa shape index (κ1) is 11.4. The van der Waals surface area contributed by atoms with Crippen LogP contribution in [0.1, 0.15) is 16.5 Å². The van der Waals surface area contributed by atoms with E-state index in [0.29, 0.717) is 17.8 Å². The van der Waals surface area contributed by atoms with E-state index >= 15 is 0 Å². The number of halogens is 1. The highest BCUT2D eigenvalue weighted by Gasteiger charge is 2.35. The highest BCUT2D eigenvalue weighted by atomic mass is 32.1. The highest BCUT2D eigenvalue weighted by molar-refractivity contribution is 7.09. The molecular formula is C13H11FN2OS. The lowest BCUT2D eigenvalue weighted by Crippen LogP contribution is -2.30. The number of fused-ring (bicyclic) bond motifs is 1. The fraction of sp³-hybridized carbons (Fsp3) is 0.154. The Hall–Kier alpha value is -1.72. The number of anilines is 1. The molecule has 1 aromatic heterocycles. The van der Waals surface area contributed by atoms with Gasteiger partial charge in [-0.15, -0.1) is 11.3 Å². The SMILES string of the molecule is NC1C(=O)N(Cc2cccs2)c2cc(F)ccc21. The van der Waals surface area contributed by atoms with Gasteiger partial charge in [0.25, 0.3) is 0 Å². The molecule has 0 saturated heterocycles. The molecule has 0 fully saturated rings. The molecule has 1 aromatic carbocycles. The van der Waals surface area contributed by atoms with Gasteiger partial charge in [-0.1, -0.05) is 12.1 Å². The second kappa shape index (κ2) is 4.19. The first-order chi connectivity index (χ1) is 8.66. The largest absolute Gasteiger partial charge is 0.316 e. The number of benzene rings is 1. The predicted molar refractivity (Wildman–Crippen MR) is 68.8 cm³/mol. The van der Waals surface area contributed by atoms with E-state index in [1.54, 1.807) is 22.3 Å². The Morgan fingerprint density at radius 3 is 2.94 bits per heavy atom. The molecule has 92 valence electrons. The summed E-state index contributed by atoms with van der Waals surface area (Å²) in [4.78, 5) is 14.7. The molecule has 5 heteroatoms. The molecule has 2 aromatic rings. The third kappa shape index (κ3) is 1.72. The summed E-state index contributed by atoms with van der Waals surface area (Å²) in [5.74, 6) is -0.532. The summed E-state index contributed by atoms with van der Waals surface area (Å²) in [7, 11) is 0. The molecule has 18 heavy (non-hydrogen) atoms. The summed E-state index contributed by atoms with van der Waals surface area (Å²) in [6, 6.07) is 7.48. The van der Waals surface area contributed by atoms with Crippen molar-refractivity contribution in [3.63, 3.8) is 0 Å². The summed E-state index contributed by atoms with van der Waals surface area (Å²) >= 11 is 1.56. The van der Waals surface area contributed by atoms with Crippen molar-refractivity contribution in [3.8, 4) is 0 Å². The molecule has 2 N–H and O–H groups in total. The summed E-state index contributed by atoms with van der Waals surface area (Å²) < 4.78 is 13.3. The van der Waals surface area contributed by atoms with Gasteiger partial charge in [0.05, 0.1) is 12.2 Å². The van der Waals surface area contributed by atoms with Crippen molar-refractivity contribution in [1.82, 2.24) is 0 Å². The van der Waals surface area contributed by atoms with Crippen molar-refractivity contribution in [2.24, 2.45) is 5.73 Å². The van der Waals surface area contributed by atoms with Crippen molar-refractivity contribution in [3.05, 3.63) is 52.0 Å². The summed E-state index contributed by atoms with van der Waals surface area (Å²) in [5.41, 5.74) is 7.13. The van der Waals surface area contributed by atoms with Crippen LogP contribution >= 0.6 is 11.3 Å². The first-order valence-corrected chi connectivity index (χ1v) is 6.43. The van der Waals surface area contributed by atoms with Gasteiger partial charge in [-0.3, -0.25) is 4.79 Å². The van der Waals surface area contributed by atoms with Gasteiger partial charge in [-0.25, -0.2) is 4.39 Å². The van der Waals surface area contributed by atoms with Gasteiger partial charge in [-0.05, 0) is 23.6 Å². The minimum absolute atomic E-state index is 0.177.